The van der Waals surface area contributed by atoms with Gasteiger partial charge in [-0.2, -0.15) is 0 Å². The van der Waals surface area contributed by atoms with Crippen LogP contribution in [-0.4, -0.2) is 16.4 Å². The average molecular weight is 193 g/mol. The van der Waals surface area contributed by atoms with Crippen LogP contribution in [0.2, 0.25) is 0 Å². The van der Waals surface area contributed by atoms with E-state index in [1.807, 2.05) is 0 Å². The Morgan fingerprint density at radius 2 is 2.22 bits per heavy atom. The number of alkyl halides is 1. The van der Waals surface area contributed by atoms with E-state index in [2.05, 4.69) is 15.9 Å². The van der Waals surface area contributed by atoms with Crippen LogP contribution in [-0.2, 0) is 4.79 Å². The Morgan fingerprint density at radius 3 is 2.56 bits per heavy atom. The third kappa shape index (κ3) is 1.45. The lowest BCUT2D eigenvalue weighted by Gasteiger charge is -2.30. The third-order valence-corrected chi connectivity index (χ3v) is 2.72. The summed E-state index contributed by atoms with van der Waals surface area (Å²) in [5, 5.41) is 9.39. The highest BCUT2D eigenvalue weighted by atomic mass is 79.9. The summed E-state index contributed by atoms with van der Waals surface area (Å²) in [4.78, 5) is 10.2. The minimum Gasteiger partial charge on any atom is -0.481 e. The van der Waals surface area contributed by atoms with Gasteiger partial charge in [0.2, 0.25) is 0 Å². The molecule has 1 aliphatic rings. The van der Waals surface area contributed by atoms with Crippen molar-refractivity contribution in [1.82, 2.24) is 0 Å². The van der Waals surface area contributed by atoms with E-state index in [-0.39, 0.29) is 5.92 Å². The van der Waals surface area contributed by atoms with E-state index in [0.717, 1.165) is 18.2 Å². The van der Waals surface area contributed by atoms with Crippen molar-refractivity contribution in [2.45, 2.75) is 12.8 Å². The van der Waals surface area contributed by atoms with Crippen molar-refractivity contribution < 1.29 is 9.90 Å². The van der Waals surface area contributed by atoms with Gasteiger partial charge >= 0.3 is 5.97 Å². The number of carboxylic acid groups (broad SMARTS) is 1. The van der Waals surface area contributed by atoms with Crippen LogP contribution in [0.4, 0.5) is 0 Å². The molecular formula is C6H9BrO2. The zero-order chi connectivity index (χ0) is 6.85. The molecule has 0 amide bonds. The predicted octanol–water partition coefficient (Wildman–Crippen LogP) is 1.49. The van der Waals surface area contributed by atoms with E-state index < -0.39 is 5.97 Å². The van der Waals surface area contributed by atoms with E-state index in [0.29, 0.717) is 5.92 Å². The summed E-state index contributed by atoms with van der Waals surface area (Å²) in [6.07, 6.45) is 1.72. The normalized spacial score (nSPS) is 33.4. The highest BCUT2D eigenvalue weighted by Gasteiger charge is 2.33. The van der Waals surface area contributed by atoms with E-state index in [1.54, 1.807) is 0 Å². The van der Waals surface area contributed by atoms with Gasteiger partial charge in [0.05, 0.1) is 5.92 Å². The fourth-order valence-corrected chi connectivity index (χ4v) is 1.59. The molecule has 1 rings (SSSR count). The number of carbonyl (C=O) groups is 1. The van der Waals surface area contributed by atoms with Gasteiger partial charge in [0.15, 0.2) is 0 Å². The SMILES string of the molecule is O=C(O)C1CC(CBr)C1. The summed E-state index contributed by atoms with van der Waals surface area (Å²) in [6, 6.07) is 0. The van der Waals surface area contributed by atoms with Gasteiger partial charge in [-0.25, -0.2) is 0 Å². The number of hydrogen-bond acceptors (Lipinski definition) is 1. The lowest BCUT2D eigenvalue weighted by atomic mass is 9.76. The first-order valence-corrected chi connectivity index (χ1v) is 4.15. The molecule has 0 heterocycles. The maximum atomic E-state index is 10.2. The van der Waals surface area contributed by atoms with Gasteiger partial charge in [0.1, 0.15) is 0 Å². The van der Waals surface area contributed by atoms with E-state index in [4.69, 9.17) is 5.11 Å². The molecule has 0 unspecified atom stereocenters. The molecule has 0 spiro atoms. The molecule has 1 saturated carbocycles. The van der Waals surface area contributed by atoms with Crippen molar-refractivity contribution >= 4 is 21.9 Å². The lowest BCUT2D eigenvalue weighted by Crippen LogP contribution is -2.30. The molecule has 0 bridgehead atoms. The molecule has 52 valence electrons. The molecule has 3 heteroatoms. The summed E-state index contributed by atoms with van der Waals surface area (Å²) >= 11 is 3.31. The monoisotopic (exact) mass is 192 g/mol. The van der Waals surface area contributed by atoms with Gasteiger partial charge in [-0.3, -0.25) is 4.79 Å². The molecule has 1 aliphatic carbocycles. The van der Waals surface area contributed by atoms with Gasteiger partial charge in [0, 0.05) is 5.33 Å². The van der Waals surface area contributed by atoms with Crippen LogP contribution in [0.25, 0.3) is 0 Å². The standard InChI is InChI=1S/C6H9BrO2/c7-3-4-1-5(2-4)6(8)9/h4-5H,1-3H2,(H,8,9). The Morgan fingerprint density at radius 1 is 1.67 bits per heavy atom. The van der Waals surface area contributed by atoms with Gasteiger partial charge in [0.25, 0.3) is 0 Å². The first-order valence-electron chi connectivity index (χ1n) is 3.02. The summed E-state index contributed by atoms with van der Waals surface area (Å²) < 4.78 is 0. The topological polar surface area (TPSA) is 37.3 Å². The van der Waals surface area contributed by atoms with Crippen LogP contribution in [0.15, 0.2) is 0 Å². The molecule has 0 saturated heterocycles. The van der Waals surface area contributed by atoms with Gasteiger partial charge < -0.3 is 5.11 Å². The van der Waals surface area contributed by atoms with Crippen molar-refractivity contribution in [3.05, 3.63) is 0 Å². The Bertz CT molecular complexity index is 118. The van der Waals surface area contributed by atoms with Crippen LogP contribution < -0.4 is 0 Å². The van der Waals surface area contributed by atoms with E-state index in [9.17, 15) is 4.79 Å². The van der Waals surface area contributed by atoms with Crippen LogP contribution in [0.5, 0.6) is 0 Å². The molecule has 0 aromatic carbocycles. The summed E-state index contributed by atoms with van der Waals surface area (Å²) in [5.41, 5.74) is 0. The minimum atomic E-state index is -0.632. The number of hydrogen-bond donors (Lipinski definition) is 1. The molecule has 1 fully saturated rings. The predicted molar refractivity (Wildman–Crippen MR) is 37.6 cm³/mol. The Hall–Kier alpha value is -0.0500. The summed E-state index contributed by atoms with van der Waals surface area (Å²) in [7, 11) is 0. The van der Waals surface area contributed by atoms with Crippen molar-refractivity contribution in [1.29, 1.82) is 0 Å². The van der Waals surface area contributed by atoms with E-state index >= 15 is 0 Å². The smallest absolute Gasteiger partial charge is 0.306 e. The number of rotatable bonds is 2. The minimum absolute atomic E-state index is 0.0486. The third-order valence-electron chi connectivity index (χ3n) is 1.80. The van der Waals surface area contributed by atoms with Gasteiger partial charge in [-0.15, -0.1) is 0 Å². The van der Waals surface area contributed by atoms with Crippen molar-refractivity contribution in [3.8, 4) is 0 Å². The Balaban J connectivity index is 2.19. The molecule has 0 aliphatic heterocycles. The van der Waals surface area contributed by atoms with Gasteiger partial charge in [-0.05, 0) is 18.8 Å². The zero-order valence-electron chi connectivity index (χ0n) is 5.01. The number of halogens is 1. The van der Waals surface area contributed by atoms with Crippen molar-refractivity contribution in [3.63, 3.8) is 0 Å². The molecule has 9 heavy (non-hydrogen) atoms. The zero-order valence-corrected chi connectivity index (χ0v) is 6.60. The maximum Gasteiger partial charge on any atom is 0.306 e. The van der Waals surface area contributed by atoms with Crippen LogP contribution >= 0.6 is 15.9 Å². The Labute approximate surface area is 62.4 Å². The molecule has 1 N–H and O–H groups in total. The maximum absolute atomic E-state index is 10.2. The highest BCUT2D eigenvalue weighted by molar-refractivity contribution is 9.09. The van der Waals surface area contributed by atoms with Gasteiger partial charge in [-0.1, -0.05) is 15.9 Å². The molecule has 0 aromatic heterocycles. The molecule has 0 radical (unpaired) electrons. The average Bonchev–Trinajstić information content (AvgIpc) is 1.61. The summed E-state index contributed by atoms with van der Waals surface area (Å²) in [5.74, 6) is -0.0640. The molecule has 0 atom stereocenters. The molecular weight excluding hydrogens is 184 g/mol. The number of aliphatic carboxylic acids is 1. The lowest BCUT2D eigenvalue weighted by molar-refractivity contribution is -0.145. The highest BCUT2D eigenvalue weighted by Crippen LogP contribution is 2.34. The number of carboxylic acids is 1. The van der Waals surface area contributed by atoms with Crippen LogP contribution in [0.1, 0.15) is 12.8 Å². The first-order chi connectivity index (χ1) is 4.24. The van der Waals surface area contributed by atoms with Crippen molar-refractivity contribution in [2.24, 2.45) is 11.8 Å². The van der Waals surface area contributed by atoms with Crippen LogP contribution in [0.3, 0.4) is 0 Å². The fraction of sp³-hybridized carbons (Fsp3) is 0.833. The molecule has 0 aromatic rings. The second kappa shape index (κ2) is 2.69. The fourth-order valence-electron chi connectivity index (χ4n) is 1.06. The second-order valence-electron chi connectivity index (χ2n) is 2.53. The van der Waals surface area contributed by atoms with E-state index in [1.165, 1.54) is 0 Å². The molecule has 2 nitrogen and oxygen atoms in total. The quantitative estimate of drug-likeness (QED) is 0.674. The largest absolute Gasteiger partial charge is 0.481 e. The van der Waals surface area contributed by atoms with Crippen molar-refractivity contribution in [2.75, 3.05) is 5.33 Å². The Kier molecular flexibility index (Phi) is 2.11. The van der Waals surface area contributed by atoms with Crippen LogP contribution in [0, 0.1) is 11.8 Å². The summed E-state index contributed by atoms with van der Waals surface area (Å²) in [6.45, 7) is 0. The first kappa shape index (κ1) is 7.06. The second-order valence-corrected chi connectivity index (χ2v) is 3.17.